The van der Waals surface area contributed by atoms with Crippen LogP contribution in [0.1, 0.15) is 24.8 Å². The van der Waals surface area contributed by atoms with Crippen molar-refractivity contribution in [1.29, 1.82) is 0 Å². The summed E-state index contributed by atoms with van der Waals surface area (Å²) in [6, 6.07) is 7.90. The Kier molecular flexibility index (Phi) is 4.23. The van der Waals surface area contributed by atoms with Crippen LogP contribution in [0.25, 0.3) is 0 Å². The van der Waals surface area contributed by atoms with E-state index in [2.05, 4.69) is 21.2 Å². The molecule has 1 aromatic rings. The first-order valence-corrected chi connectivity index (χ1v) is 8.20. The lowest BCUT2D eigenvalue weighted by atomic mass is 9.82. The molecule has 2 atom stereocenters. The zero-order chi connectivity index (χ0) is 15.7. The summed E-state index contributed by atoms with van der Waals surface area (Å²) in [4.78, 5) is 23.4. The largest absolute Gasteiger partial charge is 0.481 e. The summed E-state index contributed by atoms with van der Waals surface area (Å²) in [5.41, 5.74) is 0.585. The summed E-state index contributed by atoms with van der Waals surface area (Å²) in [6.45, 7) is 1.17. The molecule has 2 aliphatic rings. The molecule has 1 saturated heterocycles. The lowest BCUT2D eigenvalue weighted by molar-refractivity contribution is -0.140. The normalized spacial score (nSPS) is 26.2. The predicted octanol–water partition coefficient (Wildman–Crippen LogP) is 2.29. The van der Waals surface area contributed by atoms with Gasteiger partial charge < -0.3 is 15.2 Å². The van der Waals surface area contributed by atoms with Gasteiger partial charge in [0.2, 0.25) is 5.91 Å². The van der Waals surface area contributed by atoms with Crippen molar-refractivity contribution in [3.63, 3.8) is 0 Å². The van der Waals surface area contributed by atoms with Gasteiger partial charge in [0.1, 0.15) is 0 Å². The molecule has 1 amide bonds. The number of hydrogen-bond acceptors (Lipinski definition) is 3. The van der Waals surface area contributed by atoms with Crippen molar-refractivity contribution in [1.82, 2.24) is 5.32 Å². The Labute approximate surface area is 137 Å². The third-order valence-corrected chi connectivity index (χ3v) is 5.08. The molecule has 1 aromatic carbocycles. The SMILES string of the molecule is O=C(NC1(c2ccc(Br)cc2)CCOCC1)[C@H]1C[C@H]1C(=O)O. The number of amides is 1. The third kappa shape index (κ3) is 3.03. The summed E-state index contributed by atoms with van der Waals surface area (Å²) in [7, 11) is 0. The van der Waals surface area contributed by atoms with Crippen molar-refractivity contribution >= 4 is 27.8 Å². The molecule has 6 heteroatoms. The fraction of sp³-hybridized carbons (Fsp3) is 0.500. The number of aliphatic carboxylic acids is 1. The van der Waals surface area contributed by atoms with Gasteiger partial charge in [-0.15, -0.1) is 0 Å². The van der Waals surface area contributed by atoms with Gasteiger partial charge in [0.15, 0.2) is 0 Å². The highest BCUT2D eigenvalue weighted by atomic mass is 79.9. The number of carbonyl (C=O) groups excluding carboxylic acids is 1. The molecule has 0 aromatic heterocycles. The van der Waals surface area contributed by atoms with E-state index in [0.29, 0.717) is 32.5 Å². The van der Waals surface area contributed by atoms with E-state index >= 15 is 0 Å². The summed E-state index contributed by atoms with van der Waals surface area (Å²) in [5.74, 6) is -1.96. The summed E-state index contributed by atoms with van der Waals surface area (Å²) < 4.78 is 6.42. The zero-order valence-corrected chi connectivity index (χ0v) is 13.6. The molecule has 2 fully saturated rings. The van der Waals surface area contributed by atoms with Gasteiger partial charge in [-0.1, -0.05) is 28.1 Å². The number of rotatable bonds is 4. The van der Waals surface area contributed by atoms with E-state index < -0.39 is 23.3 Å². The molecule has 3 rings (SSSR count). The van der Waals surface area contributed by atoms with Crippen molar-refractivity contribution in [3.05, 3.63) is 34.3 Å². The van der Waals surface area contributed by atoms with E-state index in [-0.39, 0.29) is 5.91 Å². The van der Waals surface area contributed by atoms with Gasteiger partial charge >= 0.3 is 5.97 Å². The molecule has 1 aliphatic heterocycles. The number of ether oxygens (including phenoxy) is 1. The van der Waals surface area contributed by atoms with Crippen LogP contribution >= 0.6 is 15.9 Å². The minimum atomic E-state index is -0.884. The van der Waals surface area contributed by atoms with Gasteiger partial charge in [0.25, 0.3) is 0 Å². The van der Waals surface area contributed by atoms with Gasteiger partial charge in [-0.05, 0) is 37.0 Å². The number of carbonyl (C=O) groups is 2. The average molecular weight is 368 g/mol. The van der Waals surface area contributed by atoms with Crippen LogP contribution in [0, 0.1) is 11.8 Å². The molecule has 1 saturated carbocycles. The number of hydrogen-bond donors (Lipinski definition) is 2. The highest BCUT2D eigenvalue weighted by Crippen LogP contribution is 2.41. The molecule has 1 aliphatic carbocycles. The predicted molar refractivity (Wildman–Crippen MR) is 83.2 cm³/mol. The van der Waals surface area contributed by atoms with Crippen molar-refractivity contribution in [2.24, 2.45) is 11.8 Å². The molecule has 5 nitrogen and oxygen atoms in total. The Hall–Kier alpha value is -1.40. The van der Waals surface area contributed by atoms with E-state index in [9.17, 15) is 9.59 Å². The lowest BCUT2D eigenvalue weighted by Gasteiger charge is -2.38. The highest BCUT2D eigenvalue weighted by Gasteiger charge is 2.50. The molecule has 1 heterocycles. The fourth-order valence-corrected chi connectivity index (χ4v) is 3.33. The maximum atomic E-state index is 12.4. The second kappa shape index (κ2) is 6.01. The average Bonchev–Trinajstić information content (AvgIpc) is 3.29. The monoisotopic (exact) mass is 367 g/mol. The van der Waals surface area contributed by atoms with Crippen LogP contribution in [0.4, 0.5) is 0 Å². The van der Waals surface area contributed by atoms with Gasteiger partial charge in [0, 0.05) is 17.7 Å². The number of carboxylic acid groups (broad SMARTS) is 1. The van der Waals surface area contributed by atoms with Crippen LogP contribution < -0.4 is 5.32 Å². The maximum absolute atomic E-state index is 12.4. The molecule has 0 unspecified atom stereocenters. The molecule has 118 valence electrons. The van der Waals surface area contributed by atoms with Crippen LogP contribution in [0.3, 0.4) is 0 Å². The Balaban J connectivity index is 1.79. The molecular weight excluding hydrogens is 350 g/mol. The molecule has 22 heavy (non-hydrogen) atoms. The van der Waals surface area contributed by atoms with Gasteiger partial charge in [-0.2, -0.15) is 0 Å². The van der Waals surface area contributed by atoms with E-state index in [1.807, 2.05) is 24.3 Å². The summed E-state index contributed by atoms with van der Waals surface area (Å²) in [5, 5.41) is 12.1. The van der Waals surface area contributed by atoms with E-state index in [1.54, 1.807) is 0 Å². The molecule has 0 radical (unpaired) electrons. The standard InChI is InChI=1S/C16H18BrNO4/c17-11-3-1-10(2-4-11)16(5-7-22-8-6-16)18-14(19)12-9-13(12)15(20)21/h1-4,12-13H,5-9H2,(H,18,19)(H,20,21)/t12-,13+/m0/s1. The Morgan fingerprint density at radius 1 is 1.18 bits per heavy atom. The molecule has 0 spiro atoms. The second-order valence-electron chi connectivity index (χ2n) is 5.98. The number of benzene rings is 1. The van der Waals surface area contributed by atoms with E-state index in [1.165, 1.54) is 0 Å². The first kappa shape index (κ1) is 15.5. The number of halogens is 1. The molecule has 2 N–H and O–H groups in total. The van der Waals surface area contributed by atoms with Gasteiger partial charge in [-0.3, -0.25) is 9.59 Å². The van der Waals surface area contributed by atoms with Crippen LogP contribution in [0.15, 0.2) is 28.7 Å². The highest BCUT2D eigenvalue weighted by molar-refractivity contribution is 9.10. The van der Waals surface area contributed by atoms with Crippen molar-refractivity contribution in [2.45, 2.75) is 24.8 Å². The summed E-state index contributed by atoms with van der Waals surface area (Å²) in [6.07, 6.45) is 1.84. The zero-order valence-electron chi connectivity index (χ0n) is 12.0. The van der Waals surface area contributed by atoms with E-state index in [4.69, 9.17) is 9.84 Å². The van der Waals surface area contributed by atoms with Crippen molar-refractivity contribution in [2.75, 3.05) is 13.2 Å². The lowest BCUT2D eigenvalue weighted by Crippen LogP contribution is -2.50. The van der Waals surface area contributed by atoms with Crippen LogP contribution in [-0.4, -0.2) is 30.2 Å². The smallest absolute Gasteiger partial charge is 0.307 e. The first-order valence-electron chi connectivity index (χ1n) is 7.40. The quantitative estimate of drug-likeness (QED) is 0.855. The Morgan fingerprint density at radius 3 is 2.36 bits per heavy atom. The summed E-state index contributed by atoms with van der Waals surface area (Å²) >= 11 is 3.42. The molecular formula is C16H18BrNO4. The van der Waals surface area contributed by atoms with Crippen molar-refractivity contribution in [3.8, 4) is 0 Å². The first-order chi connectivity index (χ1) is 10.5. The second-order valence-corrected chi connectivity index (χ2v) is 6.89. The van der Waals surface area contributed by atoms with Crippen LogP contribution in [0.5, 0.6) is 0 Å². The Morgan fingerprint density at radius 2 is 1.82 bits per heavy atom. The van der Waals surface area contributed by atoms with Gasteiger partial charge in [0.05, 0.1) is 17.4 Å². The maximum Gasteiger partial charge on any atom is 0.307 e. The topological polar surface area (TPSA) is 75.6 Å². The fourth-order valence-electron chi connectivity index (χ4n) is 3.06. The van der Waals surface area contributed by atoms with Crippen molar-refractivity contribution < 1.29 is 19.4 Å². The molecule has 0 bridgehead atoms. The minimum Gasteiger partial charge on any atom is -0.481 e. The van der Waals surface area contributed by atoms with Crippen LogP contribution in [-0.2, 0) is 19.9 Å². The minimum absolute atomic E-state index is 0.155. The third-order valence-electron chi connectivity index (χ3n) is 4.55. The number of nitrogens with one attached hydrogen (secondary N) is 1. The van der Waals surface area contributed by atoms with Crippen LogP contribution in [0.2, 0.25) is 0 Å². The van der Waals surface area contributed by atoms with Gasteiger partial charge in [-0.25, -0.2) is 0 Å². The van der Waals surface area contributed by atoms with E-state index in [0.717, 1.165) is 10.0 Å². The Bertz CT molecular complexity index is 580. The number of carboxylic acids is 1.